The van der Waals surface area contributed by atoms with Gasteiger partial charge in [-0.2, -0.15) is 5.10 Å². The number of piperidine rings is 1. The van der Waals surface area contributed by atoms with Gasteiger partial charge in [-0.1, -0.05) is 12.1 Å². The summed E-state index contributed by atoms with van der Waals surface area (Å²) in [5.41, 5.74) is 3.87. The Hall–Kier alpha value is -4.40. The molecule has 5 rings (SSSR count). The molecule has 2 amide bonds. The zero-order valence-electron chi connectivity index (χ0n) is 20.9. The van der Waals surface area contributed by atoms with Gasteiger partial charge >= 0.3 is 0 Å². The standard InChI is InChI=1S/C28H29N5O4/c1-36-24-10-9-20(25(14-24)37-2)18-33-27-21(17-31-33)13-22(16-29-27)28(35)30-15-19-6-5-7-23(12-19)32-11-4-3-8-26(32)34/h5-7,9-10,12-14,16-17H,3-4,8,11,15,18H2,1-2H3,(H,30,35). The second kappa shape index (κ2) is 10.7. The van der Waals surface area contributed by atoms with Crippen LogP contribution in [0, 0.1) is 0 Å². The van der Waals surface area contributed by atoms with Crippen molar-refractivity contribution in [3.8, 4) is 11.5 Å². The van der Waals surface area contributed by atoms with Gasteiger partial charge < -0.3 is 19.7 Å². The fourth-order valence-corrected chi connectivity index (χ4v) is 4.55. The summed E-state index contributed by atoms with van der Waals surface area (Å²) in [6.07, 6.45) is 5.79. The molecule has 1 N–H and O–H groups in total. The van der Waals surface area contributed by atoms with Crippen LogP contribution in [-0.4, -0.2) is 47.3 Å². The molecule has 1 fully saturated rings. The zero-order valence-corrected chi connectivity index (χ0v) is 20.9. The molecule has 0 saturated carbocycles. The molecule has 0 unspecified atom stereocenters. The number of benzene rings is 2. The molecule has 1 saturated heterocycles. The van der Waals surface area contributed by atoms with Gasteiger partial charge in [-0.05, 0) is 48.7 Å². The number of carbonyl (C=O) groups is 2. The molecule has 1 aliphatic rings. The van der Waals surface area contributed by atoms with Gasteiger partial charge in [0.05, 0.1) is 32.5 Å². The second-order valence-electron chi connectivity index (χ2n) is 8.97. The smallest absolute Gasteiger partial charge is 0.253 e. The van der Waals surface area contributed by atoms with E-state index in [2.05, 4.69) is 15.4 Å². The van der Waals surface area contributed by atoms with Crippen LogP contribution in [0.25, 0.3) is 11.0 Å². The highest BCUT2D eigenvalue weighted by molar-refractivity contribution is 5.97. The number of amides is 2. The number of carbonyl (C=O) groups excluding carboxylic acids is 2. The minimum absolute atomic E-state index is 0.151. The van der Waals surface area contributed by atoms with E-state index < -0.39 is 0 Å². The molecule has 0 bridgehead atoms. The van der Waals surface area contributed by atoms with E-state index >= 15 is 0 Å². The topological polar surface area (TPSA) is 98.6 Å². The lowest BCUT2D eigenvalue weighted by Crippen LogP contribution is -2.35. The van der Waals surface area contributed by atoms with Gasteiger partial charge in [-0.25, -0.2) is 9.67 Å². The van der Waals surface area contributed by atoms with E-state index in [0.29, 0.717) is 42.2 Å². The average molecular weight is 500 g/mol. The lowest BCUT2D eigenvalue weighted by atomic mass is 10.1. The molecule has 3 heterocycles. The van der Waals surface area contributed by atoms with Crippen LogP contribution in [0.3, 0.4) is 0 Å². The first-order valence-corrected chi connectivity index (χ1v) is 12.3. The summed E-state index contributed by atoms with van der Waals surface area (Å²) in [4.78, 5) is 31.5. The third-order valence-electron chi connectivity index (χ3n) is 6.55. The Bertz CT molecular complexity index is 1450. The van der Waals surface area contributed by atoms with E-state index in [1.807, 2.05) is 47.4 Å². The molecule has 0 radical (unpaired) electrons. The van der Waals surface area contributed by atoms with Crippen molar-refractivity contribution in [2.24, 2.45) is 0 Å². The lowest BCUT2D eigenvalue weighted by Gasteiger charge is -2.27. The summed E-state index contributed by atoms with van der Waals surface area (Å²) >= 11 is 0. The van der Waals surface area contributed by atoms with Crippen molar-refractivity contribution in [2.75, 3.05) is 25.7 Å². The van der Waals surface area contributed by atoms with Gasteiger partial charge in [-0.15, -0.1) is 0 Å². The highest BCUT2D eigenvalue weighted by Gasteiger charge is 2.20. The van der Waals surface area contributed by atoms with E-state index in [-0.39, 0.29) is 11.8 Å². The Morgan fingerprint density at radius 3 is 2.76 bits per heavy atom. The molecule has 0 aliphatic carbocycles. The maximum absolute atomic E-state index is 12.9. The molecular formula is C28H29N5O4. The summed E-state index contributed by atoms with van der Waals surface area (Å²) in [6.45, 7) is 1.55. The van der Waals surface area contributed by atoms with E-state index in [9.17, 15) is 9.59 Å². The molecule has 9 nitrogen and oxygen atoms in total. The first-order valence-electron chi connectivity index (χ1n) is 12.3. The maximum atomic E-state index is 12.9. The minimum Gasteiger partial charge on any atom is -0.497 e. The molecule has 2 aromatic heterocycles. The van der Waals surface area contributed by atoms with Crippen molar-refractivity contribution in [3.63, 3.8) is 0 Å². The van der Waals surface area contributed by atoms with Crippen molar-refractivity contribution in [2.45, 2.75) is 32.4 Å². The van der Waals surface area contributed by atoms with Gasteiger partial charge in [-0.3, -0.25) is 9.59 Å². The number of ether oxygens (including phenoxy) is 2. The first-order chi connectivity index (χ1) is 18.1. The largest absolute Gasteiger partial charge is 0.497 e. The van der Waals surface area contributed by atoms with Gasteiger partial charge in [0.25, 0.3) is 5.91 Å². The van der Waals surface area contributed by atoms with Crippen LogP contribution in [0.1, 0.15) is 40.7 Å². The van der Waals surface area contributed by atoms with Crippen molar-refractivity contribution in [1.82, 2.24) is 20.1 Å². The van der Waals surface area contributed by atoms with Gasteiger partial charge in [0.15, 0.2) is 5.65 Å². The van der Waals surface area contributed by atoms with Crippen LogP contribution in [0.4, 0.5) is 5.69 Å². The molecule has 0 spiro atoms. The Morgan fingerprint density at radius 2 is 1.95 bits per heavy atom. The van der Waals surface area contributed by atoms with Crippen LogP contribution in [0.15, 0.2) is 60.9 Å². The van der Waals surface area contributed by atoms with E-state index in [0.717, 1.165) is 41.6 Å². The molecule has 0 atom stereocenters. The fraction of sp³-hybridized carbons (Fsp3) is 0.286. The number of pyridine rings is 1. The van der Waals surface area contributed by atoms with Crippen LogP contribution >= 0.6 is 0 Å². The second-order valence-corrected chi connectivity index (χ2v) is 8.97. The average Bonchev–Trinajstić information content (AvgIpc) is 3.34. The maximum Gasteiger partial charge on any atom is 0.253 e. The summed E-state index contributed by atoms with van der Waals surface area (Å²) in [5, 5.41) is 8.19. The van der Waals surface area contributed by atoms with Crippen molar-refractivity contribution < 1.29 is 19.1 Å². The molecule has 37 heavy (non-hydrogen) atoms. The summed E-state index contributed by atoms with van der Waals surface area (Å²) in [6, 6.07) is 15.2. The number of anilines is 1. The van der Waals surface area contributed by atoms with Crippen molar-refractivity contribution >= 4 is 28.5 Å². The van der Waals surface area contributed by atoms with E-state index in [1.165, 1.54) is 0 Å². The lowest BCUT2D eigenvalue weighted by molar-refractivity contribution is -0.119. The fourth-order valence-electron chi connectivity index (χ4n) is 4.55. The van der Waals surface area contributed by atoms with E-state index in [1.54, 1.807) is 37.4 Å². The number of nitrogens with one attached hydrogen (secondary N) is 1. The molecule has 190 valence electrons. The van der Waals surface area contributed by atoms with Gasteiger partial charge in [0, 0.05) is 48.4 Å². The first kappa shape index (κ1) is 24.3. The van der Waals surface area contributed by atoms with E-state index in [4.69, 9.17) is 9.47 Å². The molecular weight excluding hydrogens is 470 g/mol. The van der Waals surface area contributed by atoms with Gasteiger partial charge in [0.1, 0.15) is 11.5 Å². The number of hydrogen-bond acceptors (Lipinski definition) is 6. The Balaban J connectivity index is 1.27. The Kier molecular flexibility index (Phi) is 7.02. The number of nitrogens with zero attached hydrogens (tertiary/aromatic N) is 4. The predicted molar refractivity (Wildman–Crippen MR) is 140 cm³/mol. The normalized spacial score (nSPS) is 13.6. The monoisotopic (exact) mass is 499 g/mol. The highest BCUT2D eigenvalue weighted by atomic mass is 16.5. The van der Waals surface area contributed by atoms with Gasteiger partial charge in [0.2, 0.25) is 5.91 Å². The number of fused-ring (bicyclic) bond motifs is 1. The van der Waals surface area contributed by atoms with Crippen molar-refractivity contribution in [3.05, 3.63) is 77.6 Å². The third-order valence-corrected chi connectivity index (χ3v) is 6.55. The highest BCUT2D eigenvalue weighted by Crippen LogP contribution is 2.26. The Labute approximate surface area is 215 Å². The zero-order chi connectivity index (χ0) is 25.8. The summed E-state index contributed by atoms with van der Waals surface area (Å²) in [5.74, 6) is 1.34. The molecule has 1 aliphatic heterocycles. The number of rotatable bonds is 8. The number of hydrogen-bond donors (Lipinski definition) is 1. The third kappa shape index (κ3) is 5.25. The van der Waals surface area contributed by atoms with Crippen LogP contribution in [0.5, 0.6) is 11.5 Å². The number of aromatic nitrogens is 3. The van der Waals surface area contributed by atoms with Crippen LogP contribution < -0.4 is 19.7 Å². The van der Waals surface area contributed by atoms with Crippen molar-refractivity contribution in [1.29, 1.82) is 0 Å². The summed E-state index contributed by atoms with van der Waals surface area (Å²) < 4.78 is 12.5. The van der Waals surface area contributed by atoms with Crippen LogP contribution in [-0.2, 0) is 17.9 Å². The summed E-state index contributed by atoms with van der Waals surface area (Å²) in [7, 11) is 3.23. The SMILES string of the molecule is COc1ccc(Cn2ncc3cc(C(=O)NCc4cccc(N5CCCCC5=O)c4)cnc32)c(OC)c1. The predicted octanol–water partition coefficient (Wildman–Crippen LogP) is 3.94. The number of methoxy groups -OCH3 is 2. The molecule has 9 heteroatoms. The van der Waals surface area contributed by atoms with Crippen LogP contribution in [0.2, 0.25) is 0 Å². The molecule has 2 aromatic carbocycles. The molecule has 4 aromatic rings. The quantitative estimate of drug-likeness (QED) is 0.394. The Morgan fingerprint density at radius 1 is 1.05 bits per heavy atom. The minimum atomic E-state index is -0.224.